The van der Waals surface area contributed by atoms with Crippen LogP contribution in [0.5, 0.6) is 0 Å². The number of methoxy groups -OCH3 is 1. The number of aliphatic hydroxyl groups is 1. The number of Topliss-reactive ketones (excluding diaryl/α,β-unsaturated/α-hetero) is 1. The number of fused-ring (bicyclic) bond motifs is 7. The van der Waals surface area contributed by atoms with Gasteiger partial charge in [-0.25, -0.2) is 0 Å². The zero-order chi connectivity index (χ0) is 19.2. The third-order valence-corrected chi connectivity index (χ3v) is 10.3. The Bertz CT molecular complexity index is 642. The summed E-state index contributed by atoms with van der Waals surface area (Å²) in [5.41, 5.74) is 0.0222. The highest BCUT2D eigenvalue weighted by Gasteiger charge is 2.71. The smallest absolute Gasteiger partial charge is 0.133 e. The third-order valence-electron chi connectivity index (χ3n) is 10.3. The maximum absolute atomic E-state index is 12.5. The molecule has 0 bridgehead atoms. The Hall–Kier alpha value is -0.410. The Morgan fingerprint density at radius 3 is 2.56 bits per heavy atom. The molecule has 0 aromatic rings. The fraction of sp³-hybridized carbons (Fsp3) is 0.958. The summed E-state index contributed by atoms with van der Waals surface area (Å²) in [6.07, 6.45) is 9.34. The molecule has 0 spiro atoms. The first kappa shape index (κ1) is 18.6. The fourth-order valence-corrected chi connectivity index (χ4v) is 9.52. The Labute approximate surface area is 164 Å². The van der Waals surface area contributed by atoms with Gasteiger partial charge in [0.05, 0.1) is 12.2 Å². The van der Waals surface area contributed by atoms with Gasteiger partial charge in [0.25, 0.3) is 0 Å². The van der Waals surface area contributed by atoms with Gasteiger partial charge in [-0.3, -0.25) is 4.79 Å². The van der Waals surface area contributed by atoms with Crippen molar-refractivity contribution in [2.45, 2.75) is 77.7 Å². The first-order chi connectivity index (χ1) is 12.7. The van der Waals surface area contributed by atoms with Crippen molar-refractivity contribution in [1.29, 1.82) is 0 Å². The molecule has 0 aromatic heterocycles. The number of ether oxygens (including phenoxy) is 1. The summed E-state index contributed by atoms with van der Waals surface area (Å²) in [6.45, 7) is 7.22. The zero-order valence-corrected chi connectivity index (χ0v) is 17.7. The van der Waals surface area contributed by atoms with Gasteiger partial charge in [0.15, 0.2) is 0 Å². The van der Waals surface area contributed by atoms with Crippen LogP contribution in [-0.4, -0.2) is 30.2 Å². The van der Waals surface area contributed by atoms with Gasteiger partial charge >= 0.3 is 0 Å². The standard InChI is InChI=1S/C24H38O3/c1-14(25)20-17-11-18(17)21-16-6-5-15-12-22(2,26)9-10-24(15,13-27-4)19(16)7-8-23(20,21)3/h15-21,26H,5-13H2,1-4H3/t15-,16-,17?,18?,19+,20?,21-,22-,23-,24-/m1/s1. The predicted octanol–water partition coefficient (Wildman–Crippen LogP) is 4.47. The van der Waals surface area contributed by atoms with E-state index in [9.17, 15) is 9.90 Å². The van der Waals surface area contributed by atoms with E-state index in [1.54, 1.807) is 0 Å². The minimum absolute atomic E-state index is 0.252. The number of hydrogen-bond donors (Lipinski definition) is 1. The van der Waals surface area contributed by atoms with E-state index in [0.717, 1.165) is 49.5 Å². The van der Waals surface area contributed by atoms with E-state index >= 15 is 0 Å². The van der Waals surface area contributed by atoms with Gasteiger partial charge in [0, 0.05) is 13.0 Å². The molecule has 27 heavy (non-hydrogen) atoms. The van der Waals surface area contributed by atoms with Crippen LogP contribution in [0.3, 0.4) is 0 Å². The SMILES string of the molecule is COC[C@]12CC[C@@](C)(O)C[C@H]1CC[C@@H]1[C@@H]2CC[C@]2(C)C(C(C)=O)C3CC3[C@@H]12. The number of hydrogen-bond acceptors (Lipinski definition) is 3. The molecule has 0 saturated heterocycles. The van der Waals surface area contributed by atoms with Crippen LogP contribution in [0.15, 0.2) is 0 Å². The second-order valence-corrected chi connectivity index (χ2v) is 11.6. The summed E-state index contributed by atoms with van der Waals surface area (Å²) < 4.78 is 5.86. The fourth-order valence-electron chi connectivity index (χ4n) is 9.52. The maximum Gasteiger partial charge on any atom is 0.133 e. The number of rotatable bonds is 3. The molecular weight excluding hydrogens is 336 g/mol. The highest BCUT2D eigenvalue weighted by Crippen LogP contribution is 2.76. The molecule has 5 fully saturated rings. The van der Waals surface area contributed by atoms with E-state index < -0.39 is 5.60 Å². The second-order valence-electron chi connectivity index (χ2n) is 11.6. The summed E-state index contributed by atoms with van der Waals surface area (Å²) >= 11 is 0. The lowest BCUT2D eigenvalue weighted by atomic mass is 9.43. The van der Waals surface area contributed by atoms with Crippen molar-refractivity contribution in [3.8, 4) is 0 Å². The van der Waals surface area contributed by atoms with Gasteiger partial charge in [0.2, 0.25) is 0 Å². The Morgan fingerprint density at radius 1 is 1.07 bits per heavy atom. The average molecular weight is 375 g/mol. The van der Waals surface area contributed by atoms with Crippen molar-refractivity contribution < 1.29 is 14.6 Å². The highest BCUT2D eigenvalue weighted by molar-refractivity contribution is 5.80. The van der Waals surface area contributed by atoms with E-state index in [2.05, 4.69) is 6.92 Å². The monoisotopic (exact) mass is 374 g/mol. The van der Waals surface area contributed by atoms with Crippen molar-refractivity contribution in [3.63, 3.8) is 0 Å². The van der Waals surface area contributed by atoms with Crippen LogP contribution in [0.4, 0.5) is 0 Å². The Balaban J connectivity index is 1.49. The molecule has 10 atom stereocenters. The molecule has 5 rings (SSSR count). The molecule has 0 amide bonds. The maximum atomic E-state index is 12.5. The van der Waals surface area contributed by atoms with Crippen LogP contribution in [0.25, 0.3) is 0 Å². The molecule has 5 aliphatic carbocycles. The first-order valence-electron chi connectivity index (χ1n) is 11.5. The van der Waals surface area contributed by atoms with E-state index in [-0.39, 0.29) is 10.8 Å². The van der Waals surface area contributed by atoms with Gasteiger partial charge < -0.3 is 9.84 Å². The van der Waals surface area contributed by atoms with E-state index in [0.29, 0.717) is 23.5 Å². The first-order valence-corrected chi connectivity index (χ1v) is 11.5. The summed E-state index contributed by atoms with van der Waals surface area (Å²) in [7, 11) is 1.87. The Morgan fingerprint density at radius 2 is 1.85 bits per heavy atom. The molecule has 152 valence electrons. The van der Waals surface area contributed by atoms with Crippen molar-refractivity contribution in [1.82, 2.24) is 0 Å². The van der Waals surface area contributed by atoms with Crippen LogP contribution >= 0.6 is 0 Å². The van der Waals surface area contributed by atoms with Crippen LogP contribution in [0, 0.1) is 52.3 Å². The number of carbonyl (C=O) groups is 1. The molecule has 3 nitrogen and oxygen atoms in total. The quantitative estimate of drug-likeness (QED) is 0.793. The lowest BCUT2D eigenvalue weighted by molar-refractivity contribution is -0.179. The van der Waals surface area contributed by atoms with Crippen LogP contribution in [0.2, 0.25) is 0 Å². The Kier molecular flexibility index (Phi) is 4.01. The topological polar surface area (TPSA) is 46.5 Å². The van der Waals surface area contributed by atoms with Gasteiger partial charge in [-0.1, -0.05) is 6.92 Å². The van der Waals surface area contributed by atoms with Gasteiger partial charge in [0.1, 0.15) is 5.78 Å². The van der Waals surface area contributed by atoms with Crippen LogP contribution < -0.4 is 0 Å². The minimum atomic E-state index is -0.493. The molecule has 3 heteroatoms. The van der Waals surface area contributed by atoms with Gasteiger partial charge in [-0.05, 0) is 112 Å². The average Bonchev–Trinajstić information content (AvgIpc) is 3.28. The highest BCUT2D eigenvalue weighted by atomic mass is 16.5. The van der Waals surface area contributed by atoms with Gasteiger partial charge in [-0.2, -0.15) is 0 Å². The molecule has 0 heterocycles. The molecule has 0 aliphatic heterocycles. The van der Waals surface area contributed by atoms with Crippen molar-refractivity contribution in [2.24, 2.45) is 52.3 Å². The van der Waals surface area contributed by atoms with E-state index in [4.69, 9.17) is 4.74 Å². The predicted molar refractivity (Wildman–Crippen MR) is 105 cm³/mol. The number of ketones is 1. The second kappa shape index (κ2) is 5.81. The lowest BCUT2D eigenvalue weighted by Gasteiger charge is -2.63. The molecule has 0 aromatic carbocycles. The van der Waals surface area contributed by atoms with Crippen molar-refractivity contribution >= 4 is 5.78 Å². The normalized spacial score (nSPS) is 58.6. The minimum Gasteiger partial charge on any atom is -0.390 e. The molecule has 1 N–H and O–H groups in total. The molecule has 5 saturated carbocycles. The van der Waals surface area contributed by atoms with E-state index in [1.165, 1.54) is 32.1 Å². The third kappa shape index (κ3) is 2.43. The lowest BCUT2D eigenvalue weighted by Crippen LogP contribution is -2.59. The number of carbonyl (C=O) groups excluding carboxylic acids is 1. The van der Waals surface area contributed by atoms with Crippen LogP contribution in [-0.2, 0) is 9.53 Å². The van der Waals surface area contributed by atoms with E-state index in [1.807, 2.05) is 21.0 Å². The van der Waals surface area contributed by atoms with Gasteiger partial charge in [-0.15, -0.1) is 0 Å². The molecular formula is C24H38O3. The van der Waals surface area contributed by atoms with Crippen molar-refractivity contribution in [3.05, 3.63) is 0 Å². The summed E-state index contributed by atoms with van der Waals surface area (Å²) in [6, 6.07) is 0. The van der Waals surface area contributed by atoms with Crippen LogP contribution in [0.1, 0.15) is 72.1 Å². The summed E-state index contributed by atoms with van der Waals surface area (Å²) in [5, 5.41) is 10.7. The summed E-state index contributed by atoms with van der Waals surface area (Å²) in [5.74, 6) is 5.17. The zero-order valence-electron chi connectivity index (χ0n) is 17.7. The molecule has 5 aliphatic rings. The molecule has 0 radical (unpaired) electrons. The van der Waals surface area contributed by atoms with Crippen molar-refractivity contribution in [2.75, 3.05) is 13.7 Å². The molecule has 3 unspecified atom stereocenters. The largest absolute Gasteiger partial charge is 0.390 e. The summed E-state index contributed by atoms with van der Waals surface area (Å²) in [4.78, 5) is 12.5.